The number of carbonyl (C=O) groups is 1. The Labute approximate surface area is 247 Å². The monoisotopic (exact) mass is 573 g/mol. The maximum Gasteiger partial charge on any atom is 0.407 e. The number of nitrogens with two attached hydrogens (primary N) is 2. The number of amides is 1. The molecule has 42 heavy (non-hydrogen) atoms. The first-order chi connectivity index (χ1) is 20.2. The Bertz CT molecular complexity index is 1590. The van der Waals surface area contributed by atoms with Gasteiger partial charge in [0.05, 0.1) is 23.3 Å². The van der Waals surface area contributed by atoms with Gasteiger partial charge in [0.2, 0.25) is 0 Å². The van der Waals surface area contributed by atoms with Gasteiger partial charge in [-0.1, -0.05) is 71.9 Å². The number of rotatable bonds is 7. The van der Waals surface area contributed by atoms with Gasteiger partial charge < -0.3 is 30.4 Å². The molecule has 0 aliphatic carbocycles. The topological polar surface area (TPSA) is 142 Å². The fourth-order valence-corrected chi connectivity index (χ4v) is 4.46. The van der Waals surface area contributed by atoms with Crippen molar-refractivity contribution in [3.63, 3.8) is 0 Å². The summed E-state index contributed by atoms with van der Waals surface area (Å²) in [6.07, 6.45) is 7.08. The molecule has 0 radical (unpaired) electrons. The number of furan rings is 2. The molecule has 0 aliphatic rings. The Hall–Kier alpha value is -4.53. The van der Waals surface area contributed by atoms with Gasteiger partial charge in [-0.25, -0.2) is 14.8 Å². The van der Waals surface area contributed by atoms with Crippen LogP contribution in [0.5, 0.6) is 0 Å². The van der Waals surface area contributed by atoms with Crippen LogP contribution in [0.15, 0.2) is 64.1 Å². The molecule has 5 N–H and O–H groups in total. The van der Waals surface area contributed by atoms with Gasteiger partial charge in [0.25, 0.3) is 0 Å². The molecule has 0 aliphatic heterocycles. The highest BCUT2D eigenvalue weighted by Gasteiger charge is 2.17. The van der Waals surface area contributed by atoms with E-state index in [-0.39, 0.29) is 6.61 Å². The summed E-state index contributed by atoms with van der Waals surface area (Å²) in [5.41, 5.74) is 18.5. The normalized spacial score (nSPS) is 10.8. The van der Waals surface area contributed by atoms with Crippen molar-refractivity contribution in [3.05, 3.63) is 83.1 Å². The van der Waals surface area contributed by atoms with E-state index in [1.54, 1.807) is 24.9 Å². The molecule has 4 aromatic heterocycles. The van der Waals surface area contributed by atoms with Gasteiger partial charge in [-0.15, -0.1) is 0 Å². The van der Waals surface area contributed by atoms with Crippen LogP contribution in [-0.4, -0.2) is 22.6 Å². The third-order valence-electron chi connectivity index (χ3n) is 6.68. The second-order valence-corrected chi connectivity index (χ2v) is 10.3. The average Bonchev–Trinajstić information content (AvgIpc) is 3.65. The summed E-state index contributed by atoms with van der Waals surface area (Å²) in [7, 11) is 0. The SMILES string of the molecule is CC.CC(C)c1coc2c(CCNC(=O)OCc3ccccc3)cnc(N)c12.Cc1cnc(N)c2c(C(C)C)coc12. The maximum absolute atomic E-state index is 11.8. The van der Waals surface area contributed by atoms with Gasteiger partial charge in [-0.2, -0.15) is 0 Å². The lowest BCUT2D eigenvalue weighted by Gasteiger charge is -2.08. The van der Waals surface area contributed by atoms with Crippen molar-refractivity contribution < 1.29 is 18.4 Å². The van der Waals surface area contributed by atoms with Crippen LogP contribution in [0.2, 0.25) is 0 Å². The van der Waals surface area contributed by atoms with Crippen LogP contribution in [0, 0.1) is 6.92 Å². The number of hydrogen-bond acceptors (Lipinski definition) is 8. The zero-order valence-corrected chi connectivity index (χ0v) is 25.7. The zero-order chi connectivity index (χ0) is 30.8. The Morgan fingerprint density at radius 2 is 1.43 bits per heavy atom. The molecule has 9 heteroatoms. The van der Waals surface area contributed by atoms with E-state index >= 15 is 0 Å². The van der Waals surface area contributed by atoms with Crippen LogP contribution in [0.3, 0.4) is 0 Å². The number of ether oxygens (including phenoxy) is 1. The van der Waals surface area contributed by atoms with E-state index in [0.29, 0.717) is 36.4 Å². The van der Waals surface area contributed by atoms with Gasteiger partial charge in [-0.05, 0) is 30.7 Å². The molecule has 1 aromatic carbocycles. The summed E-state index contributed by atoms with van der Waals surface area (Å²) >= 11 is 0. The van der Waals surface area contributed by atoms with E-state index in [2.05, 4.69) is 43.0 Å². The standard InChI is InChI=1S/C20H23N3O3.C11H14N2O.C2H6/c1-13(2)16-12-25-18-15(10-23-19(21)17(16)18)8-9-22-20(24)26-11-14-6-4-3-5-7-14;1-6(2)8-5-14-10-7(3)4-13-11(12)9(8)10;1-2/h3-7,10,12-13H,8-9,11H2,1-2H3,(H2,21,23)(H,22,24);4-6H,1-3H3,(H2,12,13);1-2H3. The highest BCUT2D eigenvalue weighted by molar-refractivity contribution is 5.93. The van der Waals surface area contributed by atoms with E-state index in [9.17, 15) is 4.79 Å². The number of aryl methyl sites for hydroxylation is 1. The van der Waals surface area contributed by atoms with Crippen molar-refractivity contribution in [1.29, 1.82) is 0 Å². The first kappa shape index (κ1) is 32.0. The molecule has 1 amide bonds. The Morgan fingerprint density at radius 1 is 0.881 bits per heavy atom. The molecule has 0 unspecified atom stereocenters. The quantitative estimate of drug-likeness (QED) is 0.178. The number of nitrogens with one attached hydrogen (secondary N) is 1. The second kappa shape index (κ2) is 14.9. The third-order valence-corrected chi connectivity index (χ3v) is 6.68. The van der Waals surface area contributed by atoms with E-state index in [1.807, 2.05) is 51.1 Å². The molecule has 5 rings (SSSR count). The number of nitrogens with zero attached hydrogens (tertiary/aromatic N) is 2. The van der Waals surface area contributed by atoms with Crippen molar-refractivity contribution in [1.82, 2.24) is 15.3 Å². The molecule has 0 bridgehead atoms. The highest BCUT2D eigenvalue weighted by atomic mass is 16.5. The number of alkyl carbamates (subject to hydrolysis) is 1. The van der Waals surface area contributed by atoms with E-state index in [0.717, 1.165) is 49.8 Å². The molecule has 4 heterocycles. The van der Waals surface area contributed by atoms with Gasteiger partial charge in [0.1, 0.15) is 29.4 Å². The molecule has 224 valence electrons. The van der Waals surface area contributed by atoms with Crippen LogP contribution < -0.4 is 16.8 Å². The van der Waals surface area contributed by atoms with Gasteiger partial charge in [0, 0.05) is 41.2 Å². The summed E-state index contributed by atoms with van der Waals surface area (Å²) in [4.78, 5) is 20.2. The number of anilines is 2. The fourth-order valence-electron chi connectivity index (χ4n) is 4.46. The predicted octanol–water partition coefficient (Wildman–Crippen LogP) is 7.87. The highest BCUT2D eigenvalue weighted by Crippen LogP contribution is 2.33. The van der Waals surface area contributed by atoms with E-state index < -0.39 is 6.09 Å². The van der Waals surface area contributed by atoms with E-state index in [1.165, 1.54) is 0 Å². The number of pyridine rings is 2. The van der Waals surface area contributed by atoms with Gasteiger partial charge >= 0.3 is 6.09 Å². The van der Waals surface area contributed by atoms with Crippen molar-refractivity contribution in [2.75, 3.05) is 18.0 Å². The van der Waals surface area contributed by atoms with Crippen LogP contribution in [0.4, 0.5) is 16.4 Å². The molecule has 0 saturated carbocycles. The number of benzene rings is 1. The largest absolute Gasteiger partial charge is 0.464 e. The summed E-state index contributed by atoms with van der Waals surface area (Å²) < 4.78 is 16.4. The number of nitrogen functional groups attached to an aromatic ring is 2. The molecular formula is C33H43N5O4. The summed E-state index contributed by atoms with van der Waals surface area (Å²) in [6, 6.07) is 9.56. The van der Waals surface area contributed by atoms with Gasteiger partial charge in [0.15, 0.2) is 0 Å². The Balaban J connectivity index is 0.000000254. The summed E-state index contributed by atoms with van der Waals surface area (Å²) in [5.74, 6) is 1.73. The summed E-state index contributed by atoms with van der Waals surface area (Å²) in [6.45, 7) is 15.0. The smallest absolute Gasteiger partial charge is 0.407 e. The molecular weight excluding hydrogens is 530 g/mol. The number of carbonyl (C=O) groups excluding carboxylic acids is 1. The van der Waals surface area contributed by atoms with Crippen molar-refractivity contribution >= 4 is 39.7 Å². The first-order valence-corrected chi connectivity index (χ1v) is 14.4. The molecule has 0 fully saturated rings. The minimum Gasteiger partial charge on any atom is -0.464 e. The number of aromatic nitrogens is 2. The van der Waals surface area contributed by atoms with Crippen LogP contribution >= 0.6 is 0 Å². The Kier molecular flexibility index (Phi) is 11.4. The van der Waals surface area contributed by atoms with Crippen LogP contribution in [-0.2, 0) is 17.8 Å². The number of fused-ring (bicyclic) bond motifs is 2. The lowest BCUT2D eigenvalue weighted by atomic mass is 10.0. The molecule has 0 saturated heterocycles. The lowest BCUT2D eigenvalue weighted by molar-refractivity contribution is 0.140. The van der Waals surface area contributed by atoms with Crippen molar-refractivity contribution in [3.8, 4) is 0 Å². The molecule has 0 spiro atoms. The third kappa shape index (κ3) is 7.60. The van der Waals surface area contributed by atoms with Gasteiger partial charge in [-0.3, -0.25) is 0 Å². The predicted molar refractivity (Wildman–Crippen MR) is 169 cm³/mol. The van der Waals surface area contributed by atoms with Crippen molar-refractivity contribution in [2.45, 2.75) is 73.3 Å². The Morgan fingerprint density at radius 3 is 2.02 bits per heavy atom. The lowest BCUT2D eigenvalue weighted by Crippen LogP contribution is -2.26. The maximum atomic E-state index is 11.8. The minimum absolute atomic E-state index is 0.246. The average molecular weight is 574 g/mol. The summed E-state index contributed by atoms with van der Waals surface area (Å²) in [5, 5.41) is 4.59. The zero-order valence-electron chi connectivity index (χ0n) is 25.7. The fraction of sp³-hybridized carbons (Fsp3) is 0.364. The number of hydrogen-bond donors (Lipinski definition) is 3. The van der Waals surface area contributed by atoms with Crippen LogP contribution in [0.1, 0.15) is 81.2 Å². The minimum atomic E-state index is -0.448. The van der Waals surface area contributed by atoms with E-state index in [4.69, 9.17) is 25.0 Å². The second-order valence-electron chi connectivity index (χ2n) is 10.3. The molecule has 0 atom stereocenters. The van der Waals surface area contributed by atoms with Crippen LogP contribution in [0.25, 0.3) is 21.9 Å². The van der Waals surface area contributed by atoms with Crippen molar-refractivity contribution in [2.24, 2.45) is 0 Å². The first-order valence-electron chi connectivity index (χ1n) is 14.4. The molecule has 5 aromatic rings. The molecule has 9 nitrogen and oxygen atoms in total.